The Hall–Kier alpha value is -1.27. The number of halogens is 1. The summed E-state index contributed by atoms with van der Waals surface area (Å²) in [5.41, 5.74) is -0.251. The zero-order chi connectivity index (χ0) is 14.9. The summed E-state index contributed by atoms with van der Waals surface area (Å²) in [6, 6.07) is 3.33. The molecule has 0 atom stereocenters. The molecule has 0 spiro atoms. The standard InChI is InChI=1S/C14H18BrNO4/c1-4-14(18)7-16(8-14)13(17)9-5-10(19-2)12(15)11(6-9)20-3/h5-6,18H,4,7-8H2,1-3H3. The molecular weight excluding hydrogens is 326 g/mol. The number of rotatable bonds is 4. The number of hydrogen-bond donors (Lipinski definition) is 1. The summed E-state index contributed by atoms with van der Waals surface area (Å²) in [7, 11) is 3.07. The molecule has 20 heavy (non-hydrogen) atoms. The van der Waals surface area contributed by atoms with E-state index in [1.54, 1.807) is 17.0 Å². The van der Waals surface area contributed by atoms with Crippen molar-refractivity contribution in [3.63, 3.8) is 0 Å². The first kappa shape index (κ1) is 15.1. The van der Waals surface area contributed by atoms with Crippen LogP contribution < -0.4 is 9.47 Å². The lowest BCUT2D eigenvalue weighted by Crippen LogP contribution is -2.63. The molecule has 0 bridgehead atoms. The van der Waals surface area contributed by atoms with Gasteiger partial charge in [-0.1, -0.05) is 6.92 Å². The van der Waals surface area contributed by atoms with Crippen molar-refractivity contribution in [3.8, 4) is 11.5 Å². The maximum Gasteiger partial charge on any atom is 0.254 e. The van der Waals surface area contributed by atoms with E-state index in [-0.39, 0.29) is 5.91 Å². The van der Waals surface area contributed by atoms with Gasteiger partial charge in [0, 0.05) is 5.56 Å². The average Bonchev–Trinajstić information content (AvgIpc) is 2.43. The molecule has 1 aliphatic heterocycles. The molecule has 0 unspecified atom stereocenters. The van der Waals surface area contributed by atoms with Gasteiger partial charge in [-0.15, -0.1) is 0 Å². The molecule has 1 fully saturated rings. The van der Waals surface area contributed by atoms with Gasteiger partial charge >= 0.3 is 0 Å². The molecule has 1 aromatic rings. The maximum atomic E-state index is 12.4. The second-order valence-corrected chi connectivity index (χ2v) is 5.73. The number of carbonyl (C=O) groups is 1. The highest BCUT2D eigenvalue weighted by molar-refractivity contribution is 9.10. The SMILES string of the molecule is CCC1(O)CN(C(=O)c2cc(OC)c(Br)c(OC)c2)C1. The highest BCUT2D eigenvalue weighted by Crippen LogP contribution is 2.36. The van der Waals surface area contributed by atoms with E-state index >= 15 is 0 Å². The summed E-state index contributed by atoms with van der Waals surface area (Å²) in [6.07, 6.45) is 0.643. The van der Waals surface area contributed by atoms with E-state index in [9.17, 15) is 9.90 Å². The Kier molecular flexibility index (Phi) is 4.25. The van der Waals surface area contributed by atoms with Crippen molar-refractivity contribution in [1.82, 2.24) is 4.90 Å². The molecule has 1 aromatic carbocycles. The molecule has 0 aliphatic carbocycles. The van der Waals surface area contributed by atoms with Crippen LogP contribution in [-0.4, -0.2) is 48.8 Å². The molecule has 1 heterocycles. The van der Waals surface area contributed by atoms with E-state index in [1.807, 2.05) is 6.92 Å². The predicted molar refractivity (Wildman–Crippen MR) is 78.4 cm³/mol. The van der Waals surface area contributed by atoms with Gasteiger partial charge in [0.1, 0.15) is 16.0 Å². The van der Waals surface area contributed by atoms with Gasteiger partial charge in [0.2, 0.25) is 0 Å². The van der Waals surface area contributed by atoms with Crippen LogP contribution in [0.5, 0.6) is 11.5 Å². The van der Waals surface area contributed by atoms with Gasteiger partial charge in [0.15, 0.2) is 0 Å². The van der Waals surface area contributed by atoms with Crippen LogP contribution in [0.1, 0.15) is 23.7 Å². The molecule has 1 aliphatic rings. The number of ether oxygens (including phenoxy) is 2. The van der Waals surface area contributed by atoms with Gasteiger partial charge in [-0.2, -0.15) is 0 Å². The number of hydrogen-bond acceptors (Lipinski definition) is 4. The third kappa shape index (κ3) is 2.62. The lowest BCUT2D eigenvalue weighted by molar-refractivity contribution is -0.0826. The number of carbonyl (C=O) groups excluding carboxylic acids is 1. The van der Waals surface area contributed by atoms with Gasteiger partial charge in [-0.25, -0.2) is 0 Å². The molecule has 1 amide bonds. The minimum atomic E-state index is -0.737. The van der Waals surface area contributed by atoms with Crippen LogP contribution in [0.15, 0.2) is 16.6 Å². The van der Waals surface area contributed by atoms with Gasteiger partial charge in [-0.05, 0) is 34.5 Å². The van der Waals surface area contributed by atoms with Crippen LogP contribution in [0, 0.1) is 0 Å². The average molecular weight is 344 g/mol. The fourth-order valence-electron chi connectivity index (χ4n) is 2.21. The molecule has 110 valence electrons. The van der Waals surface area contributed by atoms with E-state index < -0.39 is 5.60 Å². The number of benzene rings is 1. The van der Waals surface area contributed by atoms with Gasteiger partial charge in [-0.3, -0.25) is 4.79 Å². The van der Waals surface area contributed by atoms with Crippen molar-refractivity contribution in [1.29, 1.82) is 0 Å². The third-order valence-electron chi connectivity index (χ3n) is 3.61. The van der Waals surface area contributed by atoms with E-state index in [0.717, 1.165) is 0 Å². The first-order chi connectivity index (χ1) is 9.44. The molecule has 1 N–H and O–H groups in total. The van der Waals surface area contributed by atoms with E-state index in [1.165, 1.54) is 14.2 Å². The van der Waals surface area contributed by atoms with Crippen LogP contribution in [0.25, 0.3) is 0 Å². The zero-order valence-corrected chi connectivity index (χ0v) is 13.4. The van der Waals surface area contributed by atoms with Crippen LogP contribution in [0.4, 0.5) is 0 Å². The fraction of sp³-hybridized carbons (Fsp3) is 0.500. The van der Waals surface area contributed by atoms with Crippen molar-refractivity contribution in [2.45, 2.75) is 18.9 Å². The van der Waals surface area contributed by atoms with E-state index in [0.29, 0.717) is 41.0 Å². The molecule has 0 saturated carbocycles. The highest BCUT2D eigenvalue weighted by atomic mass is 79.9. The van der Waals surface area contributed by atoms with Crippen LogP contribution in [0.2, 0.25) is 0 Å². The summed E-state index contributed by atoms with van der Waals surface area (Å²) < 4.78 is 11.1. The van der Waals surface area contributed by atoms with Crippen molar-refractivity contribution in [2.75, 3.05) is 27.3 Å². The second-order valence-electron chi connectivity index (χ2n) is 4.93. The molecule has 0 aromatic heterocycles. The van der Waals surface area contributed by atoms with Gasteiger partial charge < -0.3 is 19.5 Å². The Bertz CT molecular complexity index is 501. The summed E-state index contributed by atoms with van der Waals surface area (Å²) in [5, 5.41) is 9.98. The van der Waals surface area contributed by atoms with Gasteiger partial charge in [0.05, 0.1) is 32.9 Å². The molecule has 2 rings (SSSR count). The molecule has 6 heteroatoms. The molecule has 1 saturated heterocycles. The van der Waals surface area contributed by atoms with Gasteiger partial charge in [0.25, 0.3) is 5.91 Å². The van der Waals surface area contributed by atoms with Crippen LogP contribution in [-0.2, 0) is 0 Å². The van der Waals surface area contributed by atoms with Crippen LogP contribution in [0.3, 0.4) is 0 Å². The number of nitrogens with zero attached hydrogens (tertiary/aromatic N) is 1. The quantitative estimate of drug-likeness (QED) is 0.909. The Morgan fingerprint density at radius 1 is 1.35 bits per heavy atom. The Morgan fingerprint density at radius 2 is 1.85 bits per heavy atom. The molecular formula is C14H18BrNO4. The summed E-state index contributed by atoms with van der Waals surface area (Å²) >= 11 is 3.37. The summed E-state index contributed by atoms with van der Waals surface area (Å²) in [5.74, 6) is 0.949. The minimum Gasteiger partial charge on any atom is -0.495 e. The predicted octanol–water partition coefficient (Wildman–Crippen LogP) is 2.06. The Morgan fingerprint density at radius 3 is 2.25 bits per heavy atom. The number of likely N-dealkylation sites (tertiary alicyclic amines) is 1. The number of methoxy groups -OCH3 is 2. The van der Waals surface area contributed by atoms with Crippen molar-refractivity contribution in [3.05, 3.63) is 22.2 Å². The molecule has 0 radical (unpaired) electrons. The van der Waals surface area contributed by atoms with Crippen molar-refractivity contribution in [2.24, 2.45) is 0 Å². The largest absolute Gasteiger partial charge is 0.495 e. The Balaban J connectivity index is 2.23. The number of aliphatic hydroxyl groups is 1. The highest BCUT2D eigenvalue weighted by Gasteiger charge is 2.42. The number of β-amino-alcohol motifs (C(OH)–C–C–N with tert-alkyl or cyclic N) is 1. The summed E-state index contributed by atoms with van der Waals surface area (Å²) in [4.78, 5) is 14.0. The number of amides is 1. The normalized spacial score (nSPS) is 16.6. The first-order valence-electron chi connectivity index (χ1n) is 6.37. The van der Waals surface area contributed by atoms with Crippen molar-refractivity contribution >= 4 is 21.8 Å². The fourth-order valence-corrected chi connectivity index (χ4v) is 2.76. The monoisotopic (exact) mass is 343 g/mol. The maximum absolute atomic E-state index is 12.4. The van der Waals surface area contributed by atoms with Crippen molar-refractivity contribution < 1.29 is 19.4 Å². The minimum absolute atomic E-state index is 0.132. The summed E-state index contributed by atoms with van der Waals surface area (Å²) in [6.45, 7) is 2.64. The lowest BCUT2D eigenvalue weighted by Gasteiger charge is -2.46. The zero-order valence-electron chi connectivity index (χ0n) is 11.8. The second kappa shape index (κ2) is 5.61. The van der Waals surface area contributed by atoms with E-state index in [4.69, 9.17) is 9.47 Å². The lowest BCUT2D eigenvalue weighted by atomic mass is 9.90. The third-order valence-corrected chi connectivity index (χ3v) is 4.39. The van der Waals surface area contributed by atoms with E-state index in [2.05, 4.69) is 15.9 Å². The van der Waals surface area contributed by atoms with Crippen LogP contribution >= 0.6 is 15.9 Å². The Labute approximate surface area is 126 Å². The first-order valence-corrected chi connectivity index (χ1v) is 7.16. The smallest absolute Gasteiger partial charge is 0.254 e. The topological polar surface area (TPSA) is 59.0 Å². The molecule has 5 nitrogen and oxygen atoms in total.